The number of aryl methyl sites for hydroxylation is 1. The molecule has 0 saturated carbocycles. The van der Waals surface area contributed by atoms with E-state index in [2.05, 4.69) is 10.9 Å². The van der Waals surface area contributed by atoms with Gasteiger partial charge < -0.3 is 0 Å². The van der Waals surface area contributed by atoms with Gasteiger partial charge in [-0.15, -0.1) is 12.3 Å². The molecule has 0 aliphatic rings. The maximum absolute atomic E-state index is 11.5. The standard InChI is InChI=1S/C11H11NO/c1-3-4-7-10(13)11-9(2)6-5-8-12-11/h1,5-6,8H,4,7H2,2H3. The van der Waals surface area contributed by atoms with Crippen molar-refractivity contribution in [1.82, 2.24) is 4.98 Å². The number of aromatic nitrogens is 1. The van der Waals surface area contributed by atoms with Crippen molar-refractivity contribution in [1.29, 1.82) is 0 Å². The number of ketones is 1. The highest BCUT2D eigenvalue weighted by Crippen LogP contribution is 2.07. The van der Waals surface area contributed by atoms with Crippen LogP contribution in [0, 0.1) is 19.3 Å². The van der Waals surface area contributed by atoms with Crippen molar-refractivity contribution in [2.75, 3.05) is 0 Å². The third-order valence-corrected chi connectivity index (χ3v) is 1.77. The van der Waals surface area contributed by atoms with Crippen molar-refractivity contribution >= 4 is 5.78 Å². The normalized spacial score (nSPS) is 9.23. The fourth-order valence-electron chi connectivity index (χ4n) is 1.08. The lowest BCUT2D eigenvalue weighted by atomic mass is 10.1. The zero-order valence-electron chi connectivity index (χ0n) is 7.58. The lowest BCUT2D eigenvalue weighted by molar-refractivity contribution is 0.0979. The minimum absolute atomic E-state index is 0.0241. The van der Waals surface area contributed by atoms with E-state index in [-0.39, 0.29) is 5.78 Å². The van der Waals surface area contributed by atoms with Gasteiger partial charge >= 0.3 is 0 Å². The molecule has 0 amide bonds. The van der Waals surface area contributed by atoms with Gasteiger partial charge in [0.2, 0.25) is 0 Å². The van der Waals surface area contributed by atoms with Crippen LogP contribution in [0.2, 0.25) is 0 Å². The first kappa shape index (κ1) is 9.47. The van der Waals surface area contributed by atoms with E-state index < -0.39 is 0 Å². The lowest BCUT2D eigenvalue weighted by Crippen LogP contribution is -2.03. The fourth-order valence-corrected chi connectivity index (χ4v) is 1.08. The van der Waals surface area contributed by atoms with Crippen LogP contribution in [0.25, 0.3) is 0 Å². The van der Waals surface area contributed by atoms with Crippen molar-refractivity contribution in [3.8, 4) is 12.3 Å². The number of hydrogen-bond acceptors (Lipinski definition) is 2. The summed E-state index contributed by atoms with van der Waals surface area (Å²) in [6, 6.07) is 3.68. The summed E-state index contributed by atoms with van der Waals surface area (Å²) in [5.41, 5.74) is 1.45. The molecule has 0 aromatic carbocycles. The van der Waals surface area contributed by atoms with Gasteiger partial charge in [-0.3, -0.25) is 9.78 Å². The molecule has 1 heterocycles. The molecule has 0 saturated heterocycles. The second-order valence-electron chi connectivity index (χ2n) is 2.80. The summed E-state index contributed by atoms with van der Waals surface area (Å²) in [7, 11) is 0. The molecule has 1 aromatic heterocycles. The van der Waals surface area contributed by atoms with Crippen LogP contribution in [0.4, 0.5) is 0 Å². The topological polar surface area (TPSA) is 30.0 Å². The Morgan fingerprint density at radius 1 is 1.69 bits per heavy atom. The van der Waals surface area contributed by atoms with E-state index in [1.165, 1.54) is 0 Å². The van der Waals surface area contributed by atoms with Gasteiger partial charge in [-0.1, -0.05) is 6.07 Å². The Morgan fingerprint density at radius 3 is 3.08 bits per heavy atom. The fraction of sp³-hybridized carbons (Fsp3) is 0.273. The number of hydrogen-bond donors (Lipinski definition) is 0. The molecule has 0 aliphatic carbocycles. The molecule has 1 aromatic rings. The van der Waals surface area contributed by atoms with Gasteiger partial charge in [-0.05, 0) is 18.6 Å². The molecule has 0 aliphatic heterocycles. The first-order valence-electron chi connectivity index (χ1n) is 4.14. The Bertz CT molecular complexity index is 349. The van der Waals surface area contributed by atoms with Crippen LogP contribution >= 0.6 is 0 Å². The average molecular weight is 173 g/mol. The van der Waals surface area contributed by atoms with Gasteiger partial charge in [0.15, 0.2) is 5.78 Å². The summed E-state index contributed by atoms with van der Waals surface area (Å²) < 4.78 is 0. The summed E-state index contributed by atoms with van der Waals surface area (Å²) >= 11 is 0. The molecule has 0 unspecified atom stereocenters. The molecule has 2 nitrogen and oxygen atoms in total. The number of nitrogens with zero attached hydrogens (tertiary/aromatic N) is 1. The summed E-state index contributed by atoms with van der Waals surface area (Å²) in [4.78, 5) is 15.5. The second-order valence-corrected chi connectivity index (χ2v) is 2.80. The van der Waals surface area contributed by atoms with E-state index in [0.717, 1.165) is 5.56 Å². The van der Waals surface area contributed by atoms with Crippen molar-refractivity contribution < 1.29 is 4.79 Å². The van der Waals surface area contributed by atoms with Crippen LogP contribution in [0.5, 0.6) is 0 Å². The van der Waals surface area contributed by atoms with E-state index in [4.69, 9.17) is 6.42 Å². The van der Waals surface area contributed by atoms with E-state index >= 15 is 0 Å². The molecule has 66 valence electrons. The largest absolute Gasteiger partial charge is 0.292 e. The molecule has 0 radical (unpaired) electrons. The molecule has 0 N–H and O–H groups in total. The molecular formula is C11H11NO. The van der Waals surface area contributed by atoms with Crippen LogP contribution in [-0.2, 0) is 0 Å². The first-order valence-corrected chi connectivity index (χ1v) is 4.14. The third-order valence-electron chi connectivity index (χ3n) is 1.77. The third kappa shape index (κ3) is 2.41. The number of carbonyl (C=O) groups excluding carboxylic acids is 1. The van der Waals surface area contributed by atoms with E-state index in [1.54, 1.807) is 6.20 Å². The molecule has 0 bridgehead atoms. The lowest BCUT2D eigenvalue weighted by Gasteiger charge is -2.00. The highest BCUT2D eigenvalue weighted by atomic mass is 16.1. The number of carbonyl (C=O) groups is 1. The zero-order chi connectivity index (χ0) is 9.68. The zero-order valence-corrected chi connectivity index (χ0v) is 7.58. The van der Waals surface area contributed by atoms with E-state index in [1.807, 2.05) is 19.1 Å². The average Bonchev–Trinajstić information content (AvgIpc) is 2.15. The highest BCUT2D eigenvalue weighted by molar-refractivity contribution is 5.95. The van der Waals surface area contributed by atoms with E-state index in [9.17, 15) is 4.79 Å². The van der Waals surface area contributed by atoms with Gasteiger partial charge in [-0.2, -0.15) is 0 Å². The quantitative estimate of drug-likeness (QED) is 0.516. The Morgan fingerprint density at radius 2 is 2.46 bits per heavy atom. The molecule has 13 heavy (non-hydrogen) atoms. The summed E-state index contributed by atoms with van der Waals surface area (Å²) in [6.45, 7) is 1.87. The van der Waals surface area contributed by atoms with Crippen molar-refractivity contribution in [2.45, 2.75) is 19.8 Å². The van der Waals surface area contributed by atoms with Crippen LogP contribution in [0.1, 0.15) is 28.9 Å². The van der Waals surface area contributed by atoms with Gasteiger partial charge in [0.1, 0.15) is 5.69 Å². The Hall–Kier alpha value is -1.62. The Balaban J connectivity index is 2.78. The maximum Gasteiger partial charge on any atom is 0.182 e. The molecule has 2 heteroatoms. The highest BCUT2D eigenvalue weighted by Gasteiger charge is 2.08. The molecule has 0 atom stereocenters. The molecule has 0 fully saturated rings. The predicted molar refractivity (Wildman–Crippen MR) is 51.4 cm³/mol. The van der Waals surface area contributed by atoms with Crippen LogP contribution in [0.15, 0.2) is 18.3 Å². The van der Waals surface area contributed by atoms with Crippen molar-refractivity contribution in [3.05, 3.63) is 29.6 Å². The van der Waals surface area contributed by atoms with Crippen LogP contribution in [-0.4, -0.2) is 10.8 Å². The van der Waals surface area contributed by atoms with Crippen LogP contribution < -0.4 is 0 Å². The summed E-state index contributed by atoms with van der Waals surface area (Å²) in [6.07, 6.45) is 7.56. The molecule has 1 rings (SSSR count). The van der Waals surface area contributed by atoms with Crippen molar-refractivity contribution in [2.24, 2.45) is 0 Å². The van der Waals surface area contributed by atoms with Gasteiger partial charge in [0, 0.05) is 19.0 Å². The number of terminal acetylenes is 1. The van der Waals surface area contributed by atoms with Gasteiger partial charge in [-0.25, -0.2) is 0 Å². The maximum atomic E-state index is 11.5. The molecule has 0 spiro atoms. The monoisotopic (exact) mass is 173 g/mol. The second kappa shape index (κ2) is 4.42. The van der Waals surface area contributed by atoms with Gasteiger partial charge in [0.25, 0.3) is 0 Å². The smallest absolute Gasteiger partial charge is 0.182 e. The minimum Gasteiger partial charge on any atom is -0.292 e. The Kier molecular flexibility index (Phi) is 3.22. The SMILES string of the molecule is C#CCCC(=O)c1ncccc1C. The van der Waals surface area contributed by atoms with Crippen LogP contribution in [0.3, 0.4) is 0 Å². The first-order chi connectivity index (χ1) is 6.25. The number of pyridine rings is 1. The number of Topliss-reactive ketones (excluding diaryl/α,β-unsaturated/α-hetero) is 1. The summed E-state index contributed by atoms with van der Waals surface area (Å²) in [5, 5.41) is 0. The Labute approximate surface area is 78.0 Å². The molecular weight excluding hydrogens is 162 g/mol. The summed E-state index contributed by atoms with van der Waals surface area (Å²) in [5.74, 6) is 2.46. The van der Waals surface area contributed by atoms with Crippen molar-refractivity contribution in [3.63, 3.8) is 0 Å². The minimum atomic E-state index is 0.0241. The number of rotatable bonds is 3. The van der Waals surface area contributed by atoms with Gasteiger partial charge in [0.05, 0.1) is 0 Å². The van der Waals surface area contributed by atoms with E-state index in [0.29, 0.717) is 18.5 Å². The predicted octanol–water partition coefficient (Wildman–Crippen LogP) is 1.99.